The number of anilines is 1. The molecule has 1 N–H and O–H groups in total. The molecule has 0 heterocycles. The Labute approximate surface area is 218 Å². The Balaban J connectivity index is 2.44. The van der Waals surface area contributed by atoms with E-state index < -0.39 is 28.7 Å². The van der Waals surface area contributed by atoms with Gasteiger partial charge in [0.05, 0.1) is 15.7 Å². The molecule has 0 bridgehead atoms. The van der Waals surface area contributed by atoms with Crippen LogP contribution in [0.4, 0.5) is 5.69 Å². The average molecular weight is 544 g/mol. The molecule has 0 radical (unpaired) electrons. The van der Waals surface area contributed by atoms with Gasteiger partial charge in [0, 0.05) is 26.7 Å². The summed E-state index contributed by atoms with van der Waals surface area (Å²) in [7, 11) is -1.21. The van der Waals surface area contributed by atoms with E-state index >= 15 is 0 Å². The van der Waals surface area contributed by atoms with Gasteiger partial charge in [-0.2, -0.15) is 12.7 Å². The number of rotatable bonds is 11. The van der Waals surface area contributed by atoms with E-state index in [1.165, 1.54) is 19.0 Å². The summed E-state index contributed by atoms with van der Waals surface area (Å²) in [5.41, 5.74) is 0.985. The van der Waals surface area contributed by atoms with Crippen molar-refractivity contribution in [2.45, 2.75) is 45.8 Å². The summed E-state index contributed by atoms with van der Waals surface area (Å²) in [4.78, 5) is 27.9. The predicted octanol–water partition coefficient (Wildman–Crippen LogP) is 3.94. The Morgan fingerprint density at radius 3 is 2.17 bits per heavy atom. The minimum atomic E-state index is -3.99. The van der Waals surface area contributed by atoms with E-state index in [1.54, 1.807) is 55.5 Å². The normalized spacial score (nSPS) is 13.3. The molecule has 2 aromatic rings. The molecule has 2 atom stereocenters. The van der Waals surface area contributed by atoms with E-state index in [4.69, 9.17) is 23.2 Å². The Morgan fingerprint density at radius 2 is 1.63 bits per heavy atom. The molecule has 0 fully saturated rings. The van der Waals surface area contributed by atoms with E-state index in [0.29, 0.717) is 21.3 Å². The maximum Gasteiger partial charge on any atom is 0.304 e. The van der Waals surface area contributed by atoms with Gasteiger partial charge >= 0.3 is 10.2 Å². The SMILES string of the molecule is CC[C@H](C)NC(=O)[C@H](C)N(Cc1ccc(Cl)c(Cl)c1)C(=O)CN(c1ccccc1)S(=O)(=O)N(C)C. The molecule has 0 aromatic heterocycles. The van der Waals surface area contributed by atoms with Gasteiger partial charge in [-0.3, -0.25) is 9.59 Å². The monoisotopic (exact) mass is 542 g/mol. The number of nitrogens with zero attached hydrogens (tertiary/aromatic N) is 3. The molecule has 0 saturated carbocycles. The maximum atomic E-state index is 13.6. The van der Waals surface area contributed by atoms with Crippen LogP contribution in [0.25, 0.3) is 0 Å². The van der Waals surface area contributed by atoms with Crippen LogP contribution in [-0.4, -0.2) is 62.2 Å². The summed E-state index contributed by atoms with van der Waals surface area (Å²) in [6, 6.07) is 12.3. The highest BCUT2D eigenvalue weighted by Gasteiger charge is 2.32. The van der Waals surface area contributed by atoms with Gasteiger partial charge in [-0.1, -0.05) is 54.4 Å². The first-order valence-electron chi connectivity index (χ1n) is 11.2. The number of hydrogen-bond acceptors (Lipinski definition) is 4. The summed E-state index contributed by atoms with van der Waals surface area (Å²) in [6.07, 6.45) is 0.724. The van der Waals surface area contributed by atoms with Crippen LogP contribution in [0.1, 0.15) is 32.8 Å². The first-order chi connectivity index (χ1) is 16.4. The Kier molecular flexibility index (Phi) is 10.4. The van der Waals surface area contributed by atoms with Crippen molar-refractivity contribution in [3.05, 3.63) is 64.1 Å². The molecule has 0 aliphatic rings. The minimum Gasteiger partial charge on any atom is -0.352 e. The van der Waals surface area contributed by atoms with Gasteiger partial charge in [0.1, 0.15) is 12.6 Å². The topological polar surface area (TPSA) is 90.0 Å². The highest BCUT2D eigenvalue weighted by molar-refractivity contribution is 7.90. The Morgan fingerprint density at radius 1 is 1.00 bits per heavy atom. The minimum absolute atomic E-state index is 0.0372. The lowest BCUT2D eigenvalue weighted by Crippen LogP contribution is -2.53. The fourth-order valence-corrected chi connectivity index (χ4v) is 4.57. The van der Waals surface area contributed by atoms with Gasteiger partial charge in [0.25, 0.3) is 0 Å². The molecular formula is C24H32Cl2N4O4S. The van der Waals surface area contributed by atoms with E-state index in [0.717, 1.165) is 15.0 Å². The van der Waals surface area contributed by atoms with Crippen molar-refractivity contribution in [3.63, 3.8) is 0 Å². The van der Waals surface area contributed by atoms with Crippen molar-refractivity contribution in [2.75, 3.05) is 24.9 Å². The van der Waals surface area contributed by atoms with E-state index in [1.807, 2.05) is 13.8 Å². The summed E-state index contributed by atoms with van der Waals surface area (Å²) in [5, 5.41) is 3.56. The van der Waals surface area contributed by atoms with Crippen molar-refractivity contribution in [2.24, 2.45) is 0 Å². The van der Waals surface area contributed by atoms with E-state index in [-0.39, 0.29) is 18.5 Å². The van der Waals surface area contributed by atoms with Gasteiger partial charge in [0.2, 0.25) is 11.8 Å². The molecule has 0 unspecified atom stereocenters. The summed E-state index contributed by atoms with van der Waals surface area (Å²) >= 11 is 12.2. The van der Waals surface area contributed by atoms with Crippen LogP contribution in [0.2, 0.25) is 10.0 Å². The fourth-order valence-electron chi connectivity index (χ4n) is 3.19. The number of carbonyl (C=O) groups is 2. The van der Waals surface area contributed by atoms with Crippen LogP contribution in [0, 0.1) is 0 Å². The summed E-state index contributed by atoms with van der Waals surface area (Å²) < 4.78 is 28.2. The first-order valence-corrected chi connectivity index (χ1v) is 13.3. The molecule has 192 valence electrons. The van der Waals surface area contributed by atoms with Crippen molar-refractivity contribution in [1.29, 1.82) is 0 Å². The zero-order chi connectivity index (χ0) is 26.3. The molecule has 8 nitrogen and oxygen atoms in total. The zero-order valence-corrected chi connectivity index (χ0v) is 22.9. The van der Waals surface area contributed by atoms with Crippen molar-refractivity contribution >= 4 is 50.9 Å². The van der Waals surface area contributed by atoms with Gasteiger partial charge in [0.15, 0.2) is 0 Å². The van der Waals surface area contributed by atoms with Crippen LogP contribution >= 0.6 is 23.2 Å². The third-order valence-corrected chi connectivity index (χ3v) is 8.13. The van der Waals surface area contributed by atoms with E-state index in [2.05, 4.69) is 5.32 Å². The quantitative estimate of drug-likeness (QED) is 0.465. The van der Waals surface area contributed by atoms with E-state index in [9.17, 15) is 18.0 Å². The highest BCUT2D eigenvalue weighted by atomic mass is 35.5. The van der Waals surface area contributed by atoms with Crippen molar-refractivity contribution in [1.82, 2.24) is 14.5 Å². The largest absolute Gasteiger partial charge is 0.352 e. The molecule has 2 rings (SSSR count). The number of amides is 2. The fraction of sp³-hybridized carbons (Fsp3) is 0.417. The second kappa shape index (κ2) is 12.6. The number of para-hydroxylation sites is 1. The van der Waals surface area contributed by atoms with Crippen molar-refractivity contribution < 1.29 is 18.0 Å². The lowest BCUT2D eigenvalue weighted by molar-refractivity contribution is -0.139. The number of benzene rings is 2. The smallest absolute Gasteiger partial charge is 0.304 e. The Bertz CT molecular complexity index is 1130. The second-order valence-corrected chi connectivity index (χ2v) is 11.3. The molecule has 0 spiro atoms. The number of carbonyl (C=O) groups excluding carboxylic acids is 2. The summed E-state index contributed by atoms with van der Waals surface area (Å²) in [6.45, 7) is 4.97. The second-order valence-electron chi connectivity index (χ2n) is 8.40. The van der Waals surface area contributed by atoms with Crippen molar-refractivity contribution in [3.8, 4) is 0 Å². The molecule has 2 amide bonds. The molecular weight excluding hydrogens is 511 g/mol. The van der Waals surface area contributed by atoms with Gasteiger partial charge in [-0.15, -0.1) is 0 Å². The van der Waals surface area contributed by atoms with Gasteiger partial charge in [-0.05, 0) is 50.1 Å². The first kappa shape index (κ1) is 28.9. The average Bonchev–Trinajstić information content (AvgIpc) is 2.82. The maximum absolute atomic E-state index is 13.6. The van der Waals surface area contributed by atoms with Crippen LogP contribution < -0.4 is 9.62 Å². The van der Waals surface area contributed by atoms with Crippen LogP contribution in [0.3, 0.4) is 0 Å². The van der Waals surface area contributed by atoms with Gasteiger partial charge in [-0.25, -0.2) is 4.31 Å². The van der Waals surface area contributed by atoms with Crippen LogP contribution in [0.15, 0.2) is 48.5 Å². The van der Waals surface area contributed by atoms with Crippen LogP contribution in [0.5, 0.6) is 0 Å². The molecule has 0 saturated heterocycles. The lowest BCUT2D eigenvalue weighted by Gasteiger charge is -2.33. The summed E-state index contributed by atoms with van der Waals surface area (Å²) in [5.74, 6) is -0.883. The van der Waals surface area contributed by atoms with Gasteiger partial charge < -0.3 is 10.2 Å². The number of hydrogen-bond donors (Lipinski definition) is 1. The van der Waals surface area contributed by atoms with Crippen LogP contribution in [-0.2, 0) is 26.3 Å². The molecule has 0 aliphatic heterocycles. The standard InChI is InChI=1S/C24H32Cl2N4O4S/c1-6-17(2)27-24(32)18(3)29(15-19-12-13-21(25)22(26)14-19)23(31)16-30(35(33,34)28(4)5)20-10-8-7-9-11-20/h7-14,17-18H,6,15-16H2,1-5H3,(H,27,32)/t17-,18-/m0/s1. The number of halogens is 2. The zero-order valence-electron chi connectivity index (χ0n) is 20.5. The Hall–Kier alpha value is -2.33. The third-order valence-electron chi connectivity index (χ3n) is 5.57. The predicted molar refractivity (Wildman–Crippen MR) is 141 cm³/mol. The third kappa shape index (κ3) is 7.57. The molecule has 0 aliphatic carbocycles. The lowest BCUT2D eigenvalue weighted by atomic mass is 10.1. The molecule has 11 heteroatoms. The highest BCUT2D eigenvalue weighted by Crippen LogP contribution is 2.25. The molecule has 35 heavy (non-hydrogen) atoms. The number of nitrogens with one attached hydrogen (secondary N) is 1. The molecule has 2 aromatic carbocycles.